The maximum absolute atomic E-state index is 12.6. The molecule has 25 heavy (non-hydrogen) atoms. The summed E-state index contributed by atoms with van der Waals surface area (Å²) < 4.78 is 10.5. The fourth-order valence-electron chi connectivity index (χ4n) is 3.05. The molecule has 2 aromatic rings. The highest BCUT2D eigenvalue weighted by Crippen LogP contribution is 2.19. The van der Waals surface area contributed by atoms with Crippen molar-refractivity contribution in [3.63, 3.8) is 0 Å². The topological polar surface area (TPSA) is 63.0 Å². The van der Waals surface area contributed by atoms with E-state index in [-0.39, 0.29) is 11.8 Å². The van der Waals surface area contributed by atoms with Crippen LogP contribution < -0.4 is 4.74 Å². The zero-order chi connectivity index (χ0) is 17.6. The largest absolute Gasteiger partial charge is 0.496 e. The van der Waals surface area contributed by atoms with Crippen molar-refractivity contribution >= 4 is 11.8 Å². The minimum atomic E-state index is -0.121. The average Bonchev–Trinajstić information content (AvgIpc) is 3.06. The number of carbonyl (C=O) groups is 2. The Morgan fingerprint density at radius 3 is 2.56 bits per heavy atom. The van der Waals surface area contributed by atoms with Gasteiger partial charge in [-0.2, -0.15) is 0 Å². The summed E-state index contributed by atoms with van der Waals surface area (Å²) in [5, 5.41) is 0. The first-order valence-corrected chi connectivity index (χ1v) is 8.41. The maximum Gasteiger partial charge on any atom is 0.289 e. The molecule has 2 heterocycles. The quantitative estimate of drug-likeness (QED) is 0.855. The number of benzene rings is 1. The summed E-state index contributed by atoms with van der Waals surface area (Å²) >= 11 is 0. The highest BCUT2D eigenvalue weighted by molar-refractivity contribution is 5.91. The lowest BCUT2D eigenvalue weighted by atomic mass is 10.1. The minimum Gasteiger partial charge on any atom is -0.496 e. The van der Waals surface area contributed by atoms with Crippen LogP contribution >= 0.6 is 0 Å². The van der Waals surface area contributed by atoms with Crippen LogP contribution in [0, 0.1) is 0 Å². The summed E-state index contributed by atoms with van der Waals surface area (Å²) in [6.45, 7) is 2.31. The van der Waals surface area contributed by atoms with E-state index in [0.29, 0.717) is 38.4 Å². The standard InChI is InChI=1S/C19H22N2O4/c1-24-16-7-3-2-6-15(16)14-18(22)20-9-5-10-21(12-11-20)19(23)17-8-4-13-25-17/h2-4,6-8,13H,5,9-12,14H2,1H3. The molecule has 0 aliphatic carbocycles. The molecule has 1 saturated heterocycles. The minimum absolute atomic E-state index is 0.0526. The van der Waals surface area contributed by atoms with Crippen molar-refractivity contribution in [2.24, 2.45) is 0 Å². The summed E-state index contributed by atoms with van der Waals surface area (Å²) in [6.07, 6.45) is 2.55. The van der Waals surface area contributed by atoms with E-state index in [4.69, 9.17) is 9.15 Å². The van der Waals surface area contributed by atoms with Crippen LogP contribution in [0.5, 0.6) is 5.75 Å². The van der Waals surface area contributed by atoms with Gasteiger partial charge in [-0.15, -0.1) is 0 Å². The Kier molecular flexibility index (Phi) is 5.38. The van der Waals surface area contributed by atoms with Crippen LogP contribution in [-0.2, 0) is 11.2 Å². The van der Waals surface area contributed by atoms with E-state index in [2.05, 4.69) is 0 Å². The third kappa shape index (κ3) is 4.02. The van der Waals surface area contributed by atoms with E-state index >= 15 is 0 Å². The summed E-state index contributed by atoms with van der Waals surface area (Å²) in [4.78, 5) is 28.6. The Labute approximate surface area is 147 Å². The first-order valence-electron chi connectivity index (χ1n) is 8.41. The van der Waals surface area contributed by atoms with Gasteiger partial charge in [-0.25, -0.2) is 0 Å². The monoisotopic (exact) mass is 342 g/mol. The molecule has 0 bridgehead atoms. The van der Waals surface area contributed by atoms with E-state index in [9.17, 15) is 9.59 Å². The number of hydrogen-bond acceptors (Lipinski definition) is 4. The lowest BCUT2D eigenvalue weighted by Gasteiger charge is -2.22. The van der Waals surface area contributed by atoms with E-state index in [1.165, 1.54) is 6.26 Å². The second kappa shape index (κ2) is 7.88. The molecule has 1 aromatic carbocycles. The summed E-state index contributed by atoms with van der Waals surface area (Å²) in [5.74, 6) is 0.995. The van der Waals surface area contributed by atoms with Crippen molar-refractivity contribution in [3.05, 3.63) is 54.0 Å². The Hall–Kier alpha value is -2.76. The molecule has 0 spiro atoms. The summed E-state index contributed by atoms with van der Waals surface area (Å²) in [5.41, 5.74) is 0.878. The van der Waals surface area contributed by atoms with Crippen molar-refractivity contribution < 1.29 is 18.7 Å². The van der Waals surface area contributed by atoms with Crippen molar-refractivity contribution in [3.8, 4) is 5.75 Å². The third-order valence-corrected chi connectivity index (χ3v) is 4.40. The maximum atomic E-state index is 12.6. The fourth-order valence-corrected chi connectivity index (χ4v) is 3.05. The Bertz CT molecular complexity index is 727. The number of methoxy groups -OCH3 is 1. The van der Waals surface area contributed by atoms with Crippen LogP contribution in [0.4, 0.5) is 0 Å². The summed E-state index contributed by atoms with van der Waals surface area (Å²) in [6, 6.07) is 10.9. The second-order valence-electron chi connectivity index (χ2n) is 5.99. The van der Waals surface area contributed by atoms with Gasteiger partial charge in [-0.3, -0.25) is 9.59 Å². The van der Waals surface area contributed by atoms with Gasteiger partial charge >= 0.3 is 0 Å². The Morgan fingerprint density at radius 1 is 1.04 bits per heavy atom. The number of amides is 2. The van der Waals surface area contributed by atoms with Crippen molar-refractivity contribution in [2.45, 2.75) is 12.8 Å². The van der Waals surface area contributed by atoms with E-state index in [1.54, 1.807) is 24.1 Å². The molecule has 6 heteroatoms. The zero-order valence-corrected chi connectivity index (χ0v) is 14.3. The van der Waals surface area contributed by atoms with E-state index < -0.39 is 0 Å². The Balaban J connectivity index is 1.61. The molecule has 6 nitrogen and oxygen atoms in total. The zero-order valence-electron chi connectivity index (χ0n) is 14.3. The molecular formula is C19H22N2O4. The van der Waals surface area contributed by atoms with Crippen molar-refractivity contribution in [1.82, 2.24) is 9.80 Å². The van der Waals surface area contributed by atoms with Crippen LogP contribution in [0.25, 0.3) is 0 Å². The molecule has 0 unspecified atom stereocenters. The van der Waals surface area contributed by atoms with Gasteiger partial charge in [0.1, 0.15) is 5.75 Å². The molecule has 1 aliphatic heterocycles. The van der Waals surface area contributed by atoms with Gasteiger partial charge < -0.3 is 19.0 Å². The Morgan fingerprint density at radius 2 is 1.80 bits per heavy atom. The number of nitrogens with zero attached hydrogens (tertiary/aromatic N) is 2. The third-order valence-electron chi connectivity index (χ3n) is 4.40. The van der Waals surface area contributed by atoms with Crippen molar-refractivity contribution in [2.75, 3.05) is 33.3 Å². The van der Waals surface area contributed by atoms with Gasteiger partial charge in [-0.1, -0.05) is 18.2 Å². The van der Waals surface area contributed by atoms with Gasteiger partial charge in [0.05, 0.1) is 19.8 Å². The first kappa shape index (κ1) is 17.1. The van der Waals surface area contributed by atoms with E-state index in [1.807, 2.05) is 29.2 Å². The first-order chi connectivity index (χ1) is 12.2. The number of hydrogen-bond donors (Lipinski definition) is 0. The van der Waals surface area contributed by atoms with Crippen LogP contribution in [-0.4, -0.2) is 54.9 Å². The number of carbonyl (C=O) groups excluding carboxylic acids is 2. The van der Waals surface area contributed by atoms with Gasteiger partial charge in [0.15, 0.2) is 5.76 Å². The van der Waals surface area contributed by atoms with Gasteiger partial charge in [0.2, 0.25) is 5.91 Å². The molecule has 2 amide bonds. The number of rotatable bonds is 4. The molecule has 1 aromatic heterocycles. The highest BCUT2D eigenvalue weighted by atomic mass is 16.5. The van der Waals surface area contributed by atoms with Crippen LogP contribution in [0.15, 0.2) is 47.1 Å². The van der Waals surface area contributed by atoms with Crippen LogP contribution in [0.2, 0.25) is 0 Å². The van der Waals surface area contributed by atoms with Gasteiger partial charge in [-0.05, 0) is 24.6 Å². The second-order valence-corrected chi connectivity index (χ2v) is 5.99. The molecule has 0 radical (unpaired) electrons. The normalized spacial score (nSPS) is 14.9. The molecule has 132 valence electrons. The predicted molar refractivity (Wildman–Crippen MR) is 92.5 cm³/mol. The molecule has 0 atom stereocenters. The fraction of sp³-hybridized carbons (Fsp3) is 0.368. The average molecular weight is 342 g/mol. The molecule has 1 fully saturated rings. The van der Waals surface area contributed by atoms with Crippen LogP contribution in [0.1, 0.15) is 22.5 Å². The summed E-state index contributed by atoms with van der Waals surface area (Å²) in [7, 11) is 1.60. The predicted octanol–water partition coefficient (Wildman–Crippen LogP) is 2.21. The molecule has 0 N–H and O–H groups in total. The molecule has 3 rings (SSSR count). The lowest BCUT2D eigenvalue weighted by molar-refractivity contribution is -0.130. The molecular weight excluding hydrogens is 320 g/mol. The van der Waals surface area contributed by atoms with Gasteiger partial charge in [0.25, 0.3) is 5.91 Å². The number of para-hydroxylation sites is 1. The smallest absolute Gasteiger partial charge is 0.289 e. The highest BCUT2D eigenvalue weighted by Gasteiger charge is 2.24. The van der Waals surface area contributed by atoms with Crippen LogP contribution in [0.3, 0.4) is 0 Å². The van der Waals surface area contributed by atoms with E-state index in [0.717, 1.165) is 17.7 Å². The molecule has 0 saturated carbocycles. The van der Waals surface area contributed by atoms with Gasteiger partial charge in [0, 0.05) is 31.7 Å². The molecule has 1 aliphatic rings. The number of furan rings is 1. The number of ether oxygens (including phenoxy) is 1. The SMILES string of the molecule is COc1ccccc1CC(=O)N1CCCN(C(=O)c2ccco2)CC1. The van der Waals surface area contributed by atoms with Crippen molar-refractivity contribution in [1.29, 1.82) is 0 Å². The lowest BCUT2D eigenvalue weighted by Crippen LogP contribution is -2.37.